The topological polar surface area (TPSA) is 73.1 Å². The number of rotatable bonds is 6. The van der Waals surface area contributed by atoms with Crippen LogP contribution in [0.25, 0.3) is 0 Å². The molecule has 0 fully saturated rings. The second kappa shape index (κ2) is 6.27. The van der Waals surface area contributed by atoms with Gasteiger partial charge in [-0.25, -0.2) is 9.97 Å². The number of nitrogens with two attached hydrogens (primary N) is 1. The number of hydrogen-bond donors (Lipinski definition) is 2. The number of ether oxygens (including phenoxy) is 1. The largest absolute Gasteiger partial charge is 0.478 e. The third-order valence-corrected chi connectivity index (χ3v) is 2.54. The first-order valence-corrected chi connectivity index (χ1v) is 5.58. The lowest BCUT2D eigenvalue weighted by Crippen LogP contribution is -2.29. The SMILES string of the molecule is CCOc1cc(NC(C)C(C)CN)ncn1. The maximum atomic E-state index is 5.61. The summed E-state index contributed by atoms with van der Waals surface area (Å²) >= 11 is 0. The summed E-state index contributed by atoms with van der Waals surface area (Å²) in [4.78, 5) is 8.14. The predicted molar refractivity (Wildman–Crippen MR) is 64.5 cm³/mol. The van der Waals surface area contributed by atoms with Gasteiger partial charge in [0.05, 0.1) is 6.61 Å². The molecule has 0 bridgehead atoms. The lowest BCUT2D eigenvalue weighted by Gasteiger charge is -2.20. The molecule has 0 aromatic carbocycles. The summed E-state index contributed by atoms with van der Waals surface area (Å²) in [5, 5.41) is 3.28. The summed E-state index contributed by atoms with van der Waals surface area (Å²) in [7, 11) is 0. The van der Waals surface area contributed by atoms with Crippen LogP contribution in [0.4, 0.5) is 5.82 Å². The van der Waals surface area contributed by atoms with E-state index in [4.69, 9.17) is 10.5 Å². The van der Waals surface area contributed by atoms with E-state index in [1.807, 2.05) is 6.92 Å². The molecule has 16 heavy (non-hydrogen) atoms. The zero-order valence-corrected chi connectivity index (χ0v) is 10.1. The van der Waals surface area contributed by atoms with Crippen molar-refractivity contribution < 1.29 is 4.74 Å². The minimum absolute atomic E-state index is 0.273. The molecule has 1 aromatic heterocycles. The minimum atomic E-state index is 0.273. The van der Waals surface area contributed by atoms with Crippen molar-refractivity contribution in [2.24, 2.45) is 11.7 Å². The van der Waals surface area contributed by atoms with Crippen LogP contribution in [0.2, 0.25) is 0 Å². The molecule has 0 amide bonds. The summed E-state index contributed by atoms with van der Waals surface area (Å²) in [5.74, 6) is 1.75. The molecule has 5 nitrogen and oxygen atoms in total. The van der Waals surface area contributed by atoms with Crippen molar-refractivity contribution in [1.29, 1.82) is 0 Å². The molecule has 90 valence electrons. The molecule has 1 heterocycles. The average Bonchev–Trinajstić information content (AvgIpc) is 2.29. The van der Waals surface area contributed by atoms with Gasteiger partial charge in [0.1, 0.15) is 12.1 Å². The highest BCUT2D eigenvalue weighted by molar-refractivity contribution is 5.38. The molecule has 1 aromatic rings. The molecule has 3 N–H and O–H groups in total. The Labute approximate surface area is 96.4 Å². The third kappa shape index (κ3) is 3.66. The van der Waals surface area contributed by atoms with Gasteiger partial charge in [-0.3, -0.25) is 0 Å². The minimum Gasteiger partial charge on any atom is -0.478 e. The molecule has 2 unspecified atom stereocenters. The normalized spacial score (nSPS) is 14.2. The van der Waals surface area contributed by atoms with E-state index in [0.717, 1.165) is 5.82 Å². The Morgan fingerprint density at radius 2 is 2.19 bits per heavy atom. The number of nitrogens with zero attached hydrogens (tertiary/aromatic N) is 2. The Morgan fingerprint density at radius 3 is 2.81 bits per heavy atom. The van der Waals surface area contributed by atoms with Gasteiger partial charge < -0.3 is 15.8 Å². The Balaban J connectivity index is 2.62. The Kier molecular flexibility index (Phi) is 4.98. The van der Waals surface area contributed by atoms with E-state index < -0.39 is 0 Å². The smallest absolute Gasteiger partial charge is 0.218 e. The molecule has 0 aliphatic heterocycles. The van der Waals surface area contributed by atoms with Crippen LogP contribution in [0.3, 0.4) is 0 Å². The van der Waals surface area contributed by atoms with Crippen molar-refractivity contribution in [1.82, 2.24) is 9.97 Å². The molecule has 0 saturated carbocycles. The van der Waals surface area contributed by atoms with Crippen LogP contribution in [0.1, 0.15) is 20.8 Å². The van der Waals surface area contributed by atoms with E-state index in [0.29, 0.717) is 24.9 Å². The molecule has 5 heteroatoms. The highest BCUT2D eigenvalue weighted by Gasteiger charge is 2.11. The van der Waals surface area contributed by atoms with Gasteiger partial charge in [-0.1, -0.05) is 6.92 Å². The highest BCUT2D eigenvalue weighted by Crippen LogP contribution is 2.13. The third-order valence-electron chi connectivity index (χ3n) is 2.54. The van der Waals surface area contributed by atoms with E-state index in [1.165, 1.54) is 6.33 Å². The first-order chi connectivity index (χ1) is 7.67. The van der Waals surface area contributed by atoms with E-state index in [1.54, 1.807) is 6.07 Å². The van der Waals surface area contributed by atoms with Gasteiger partial charge in [0.15, 0.2) is 0 Å². The zero-order valence-electron chi connectivity index (χ0n) is 10.1. The van der Waals surface area contributed by atoms with Gasteiger partial charge in [0, 0.05) is 12.1 Å². The van der Waals surface area contributed by atoms with Gasteiger partial charge >= 0.3 is 0 Å². The van der Waals surface area contributed by atoms with Crippen LogP contribution in [0.15, 0.2) is 12.4 Å². The predicted octanol–water partition coefficient (Wildman–Crippen LogP) is 1.27. The highest BCUT2D eigenvalue weighted by atomic mass is 16.5. The van der Waals surface area contributed by atoms with Gasteiger partial charge in [-0.15, -0.1) is 0 Å². The fourth-order valence-electron chi connectivity index (χ4n) is 1.22. The van der Waals surface area contributed by atoms with E-state index in [-0.39, 0.29) is 6.04 Å². The molecule has 0 spiro atoms. The fraction of sp³-hybridized carbons (Fsp3) is 0.636. The van der Waals surface area contributed by atoms with Gasteiger partial charge in [0.25, 0.3) is 0 Å². The molecule has 0 saturated heterocycles. The van der Waals surface area contributed by atoms with Crippen molar-refractivity contribution in [2.45, 2.75) is 26.8 Å². The van der Waals surface area contributed by atoms with Gasteiger partial charge in [0.2, 0.25) is 5.88 Å². The number of nitrogens with one attached hydrogen (secondary N) is 1. The molecular weight excluding hydrogens is 204 g/mol. The lowest BCUT2D eigenvalue weighted by atomic mass is 10.0. The van der Waals surface area contributed by atoms with Crippen molar-refractivity contribution in [2.75, 3.05) is 18.5 Å². The van der Waals surface area contributed by atoms with Crippen LogP contribution in [0.5, 0.6) is 5.88 Å². The van der Waals surface area contributed by atoms with Gasteiger partial charge in [-0.05, 0) is 26.3 Å². The monoisotopic (exact) mass is 224 g/mol. The Morgan fingerprint density at radius 1 is 1.44 bits per heavy atom. The standard InChI is InChI=1S/C11H20N4O/c1-4-16-11-5-10(13-7-14-11)15-9(3)8(2)6-12/h5,7-9H,4,6,12H2,1-3H3,(H,13,14,15). The Bertz CT molecular complexity index is 319. The quantitative estimate of drug-likeness (QED) is 0.761. The van der Waals surface area contributed by atoms with Crippen molar-refractivity contribution >= 4 is 5.82 Å². The average molecular weight is 224 g/mol. The molecule has 1 rings (SSSR count). The second-order valence-electron chi connectivity index (χ2n) is 3.82. The number of hydrogen-bond acceptors (Lipinski definition) is 5. The van der Waals surface area contributed by atoms with Gasteiger partial charge in [-0.2, -0.15) is 0 Å². The first kappa shape index (κ1) is 12.7. The van der Waals surface area contributed by atoms with E-state index >= 15 is 0 Å². The lowest BCUT2D eigenvalue weighted by molar-refractivity contribution is 0.326. The summed E-state index contributed by atoms with van der Waals surface area (Å²) in [5.41, 5.74) is 5.61. The maximum Gasteiger partial charge on any atom is 0.218 e. The summed E-state index contributed by atoms with van der Waals surface area (Å²) < 4.78 is 5.30. The summed E-state index contributed by atoms with van der Waals surface area (Å²) in [6.07, 6.45) is 1.49. The molecule has 0 radical (unpaired) electrons. The van der Waals surface area contributed by atoms with Crippen molar-refractivity contribution in [3.8, 4) is 5.88 Å². The van der Waals surface area contributed by atoms with E-state index in [2.05, 4.69) is 29.1 Å². The molecular formula is C11H20N4O. The maximum absolute atomic E-state index is 5.61. The van der Waals surface area contributed by atoms with Crippen LogP contribution in [-0.2, 0) is 0 Å². The van der Waals surface area contributed by atoms with Crippen molar-refractivity contribution in [3.05, 3.63) is 12.4 Å². The van der Waals surface area contributed by atoms with E-state index in [9.17, 15) is 0 Å². The Hall–Kier alpha value is -1.36. The van der Waals surface area contributed by atoms with Crippen LogP contribution >= 0.6 is 0 Å². The zero-order chi connectivity index (χ0) is 12.0. The van der Waals surface area contributed by atoms with Crippen LogP contribution in [0, 0.1) is 5.92 Å². The second-order valence-corrected chi connectivity index (χ2v) is 3.82. The summed E-state index contributed by atoms with van der Waals surface area (Å²) in [6.45, 7) is 7.36. The molecule has 2 atom stereocenters. The first-order valence-electron chi connectivity index (χ1n) is 5.58. The fourth-order valence-corrected chi connectivity index (χ4v) is 1.22. The molecule has 0 aliphatic rings. The van der Waals surface area contributed by atoms with Crippen LogP contribution in [-0.4, -0.2) is 29.2 Å². The number of anilines is 1. The number of aromatic nitrogens is 2. The summed E-state index contributed by atoms with van der Waals surface area (Å²) in [6, 6.07) is 2.07. The van der Waals surface area contributed by atoms with Crippen LogP contribution < -0.4 is 15.8 Å². The molecule has 0 aliphatic carbocycles. The van der Waals surface area contributed by atoms with Crippen molar-refractivity contribution in [3.63, 3.8) is 0 Å².